The van der Waals surface area contributed by atoms with Gasteiger partial charge in [-0.3, -0.25) is 0 Å². The van der Waals surface area contributed by atoms with E-state index in [2.05, 4.69) is 21.2 Å². The van der Waals surface area contributed by atoms with E-state index in [1.165, 1.54) is 6.07 Å². The molecule has 106 valence electrons. The number of methoxy groups -OCH3 is 1. The largest absolute Gasteiger partial charge is 0.495 e. The second-order valence-electron chi connectivity index (χ2n) is 4.22. The molecular weight excluding hydrogens is 326 g/mol. The number of carboxylic acid groups (broad SMARTS) is 1. The highest BCUT2D eigenvalue weighted by Gasteiger charge is 2.14. The smallest absolute Gasteiger partial charge is 0.371 e. The molecule has 0 aliphatic heterocycles. The van der Waals surface area contributed by atoms with E-state index >= 15 is 0 Å². The summed E-state index contributed by atoms with van der Waals surface area (Å²) in [6, 6.07) is 8.55. The summed E-state index contributed by atoms with van der Waals surface area (Å²) in [5, 5.41) is 12.1. The van der Waals surface area contributed by atoms with Crippen LogP contribution in [0, 0.1) is 0 Å². The molecule has 0 spiro atoms. The van der Waals surface area contributed by atoms with Crippen molar-refractivity contribution in [2.45, 2.75) is 13.0 Å². The first-order chi connectivity index (χ1) is 9.51. The maximum atomic E-state index is 10.8. The lowest BCUT2D eigenvalue weighted by molar-refractivity contribution is 0.0660. The number of benzene rings is 1. The molecule has 0 saturated heterocycles. The van der Waals surface area contributed by atoms with Gasteiger partial charge in [0.15, 0.2) is 0 Å². The number of aromatic carboxylic acids is 1. The van der Waals surface area contributed by atoms with Crippen molar-refractivity contribution in [3.8, 4) is 5.75 Å². The van der Waals surface area contributed by atoms with Crippen LogP contribution in [0.3, 0.4) is 0 Å². The molecule has 6 heteroatoms. The number of nitrogens with one attached hydrogen (secondary N) is 1. The number of carbonyl (C=O) groups is 1. The van der Waals surface area contributed by atoms with Crippen molar-refractivity contribution in [1.82, 2.24) is 0 Å². The molecule has 0 amide bonds. The molecule has 1 atom stereocenters. The van der Waals surface area contributed by atoms with Gasteiger partial charge in [0, 0.05) is 11.8 Å². The van der Waals surface area contributed by atoms with E-state index in [1.54, 1.807) is 13.2 Å². The van der Waals surface area contributed by atoms with Crippen LogP contribution in [0.15, 0.2) is 39.2 Å². The van der Waals surface area contributed by atoms with E-state index in [-0.39, 0.29) is 11.8 Å². The standard InChI is InChI=1S/C14H14BrNO4/c1-8(11-5-6-12(20-11)14(17)18)16-9-3-4-10(15)13(7-9)19-2/h3-8,16H,1-2H3,(H,17,18). The fraction of sp³-hybridized carbons (Fsp3) is 0.214. The van der Waals surface area contributed by atoms with Crippen LogP contribution in [0.25, 0.3) is 0 Å². The van der Waals surface area contributed by atoms with E-state index in [0.29, 0.717) is 11.5 Å². The van der Waals surface area contributed by atoms with Gasteiger partial charge in [0.05, 0.1) is 17.6 Å². The number of carboxylic acids is 1. The first kappa shape index (κ1) is 14.5. The summed E-state index contributed by atoms with van der Waals surface area (Å²) in [7, 11) is 1.60. The van der Waals surface area contributed by atoms with Crippen LogP contribution in [0.2, 0.25) is 0 Å². The van der Waals surface area contributed by atoms with Crippen molar-refractivity contribution < 1.29 is 19.1 Å². The van der Waals surface area contributed by atoms with Gasteiger partial charge in [-0.25, -0.2) is 4.79 Å². The highest BCUT2D eigenvalue weighted by molar-refractivity contribution is 9.10. The van der Waals surface area contributed by atoms with Crippen LogP contribution in [-0.2, 0) is 0 Å². The highest BCUT2D eigenvalue weighted by Crippen LogP contribution is 2.30. The van der Waals surface area contributed by atoms with E-state index in [4.69, 9.17) is 14.3 Å². The normalized spacial score (nSPS) is 11.9. The molecule has 0 aliphatic carbocycles. The molecule has 0 fully saturated rings. The maximum Gasteiger partial charge on any atom is 0.371 e. The second-order valence-corrected chi connectivity index (χ2v) is 5.08. The Morgan fingerprint density at radius 2 is 2.15 bits per heavy atom. The summed E-state index contributed by atoms with van der Waals surface area (Å²) < 4.78 is 11.3. The minimum Gasteiger partial charge on any atom is -0.495 e. The van der Waals surface area contributed by atoms with Crippen LogP contribution in [0.1, 0.15) is 29.3 Å². The van der Waals surface area contributed by atoms with Crippen LogP contribution >= 0.6 is 15.9 Å². The van der Waals surface area contributed by atoms with Gasteiger partial charge < -0.3 is 19.6 Å². The zero-order valence-electron chi connectivity index (χ0n) is 11.0. The molecule has 0 saturated carbocycles. The van der Waals surface area contributed by atoms with E-state index < -0.39 is 5.97 Å². The fourth-order valence-electron chi connectivity index (χ4n) is 1.77. The zero-order valence-corrected chi connectivity index (χ0v) is 12.6. The van der Waals surface area contributed by atoms with Crippen molar-refractivity contribution in [2.75, 3.05) is 12.4 Å². The summed E-state index contributed by atoms with van der Waals surface area (Å²) in [5.74, 6) is 0.132. The Morgan fingerprint density at radius 1 is 1.40 bits per heavy atom. The van der Waals surface area contributed by atoms with E-state index in [0.717, 1.165) is 10.2 Å². The number of halogens is 1. The third kappa shape index (κ3) is 3.14. The van der Waals surface area contributed by atoms with Gasteiger partial charge in [-0.1, -0.05) is 0 Å². The lowest BCUT2D eigenvalue weighted by Gasteiger charge is -2.14. The Bertz CT molecular complexity index is 623. The van der Waals surface area contributed by atoms with E-state index in [1.807, 2.05) is 25.1 Å². The molecule has 0 radical (unpaired) electrons. The first-order valence-electron chi connectivity index (χ1n) is 5.94. The first-order valence-corrected chi connectivity index (χ1v) is 6.73. The average Bonchev–Trinajstić information content (AvgIpc) is 2.91. The van der Waals surface area contributed by atoms with Crippen molar-refractivity contribution in [2.24, 2.45) is 0 Å². The number of rotatable bonds is 5. The quantitative estimate of drug-likeness (QED) is 0.863. The molecule has 2 rings (SSSR count). The number of furan rings is 1. The van der Waals surface area contributed by atoms with E-state index in [9.17, 15) is 4.79 Å². The molecule has 1 aromatic heterocycles. The molecule has 2 N–H and O–H groups in total. The molecule has 5 nitrogen and oxygen atoms in total. The van der Waals surface area contributed by atoms with Gasteiger partial charge >= 0.3 is 5.97 Å². The molecule has 0 aliphatic rings. The molecular formula is C14H14BrNO4. The molecule has 1 unspecified atom stereocenters. The molecule has 1 heterocycles. The number of hydrogen-bond acceptors (Lipinski definition) is 4. The monoisotopic (exact) mass is 339 g/mol. The number of hydrogen-bond donors (Lipinski definition) is 2. The lowest BCUT2D eigenvalue weighted by Crippen LogP contribution is -2.05. The zero-order chi connectivity index (χ0) is 14.7. The average molecular weight is 340 g/mol. The van der Waals surface area contributed by atoms with Crippen LogP contribution in [0.4, 0.5) is 5.69 Å². The molecule has 20 heavy (non-hydrogen) atoms. The third-order valence-electron chi connectivity index (χ3n) is 2.80. The maximum absolute atomic E-state index is 10.8. The molecule has 2 aromatic rings. The van der Waals surface area contributed by atoms with Crippen molar-refractivity contribution >= 4 is 27.6 Å². The Kier molecular flexibility index (Phi) is 4.34. The Labute approximate surface area is 124 Å². The predicted octanol–water partition coefficient (Wildman–Crippen LogP) is 3.92. The topological polar surface area (TPSA) is 71.7 Å². The van der Waals surface area contributed by atoms with Gasteiger partial charge in [-0.2, -0.15) is 0 Å². The number of anilines is 1. The van der Waals surface area contributed by atoms with Gasteiger partial charge in [0.25, 0.3) is 0 Å². The molecule has 1 aromatic carbocycles. The van der Waals surface area contributed by atoms with Crippen molar-refractivity contribution in [3.63, 3.8) is 0 Å². The van der Waals surface area contributed by atoms with Crippen LogP contribution in [-0.4, -0.2) is 18.2 Å². The third-order valence-corrected chi connectivity index (χ3v) is 3.45. The SMILES string of the molecule is COc1cc(NC(C)c2ccc(C(=O)O)o2)ccc1Br. The van der Waals surface area contributed by atoms with Gasteiger partial charge in [-0.05, 0) is 47.1 Å². The molecule has 0 bridgehead atoms. The highest BCUT2D eigenvalue weighted by atomic mass is 79.9. The second kappa shape index (κ2) is 6.00. The lowest BCUT2D eigenvalue weighted by atomic mass is 10.2. The van der Waals surface area contributed by atoms with Crippen molar-refractivity contribution in [1.29, 1.82) is 0 Å². The van der Waals surface area contributed by atoms with Gasteiger partial charge in [0.2, 0.25) is 5.76 Å². The Hall–Kier alpha value is -1.95. The summed E-state index contributed by atoms with van der Waals surface area (Å²) in [6.45, 7) is 1.89. The van der Waals surface area contributed by atoms with Crippen molar-refractivity contribution in [3.05, 3.63) is 46.3 Å². The fourth-order valence-corrected chi connectivity index (χ4v) is 2.18. The minimum atomic E-state index is -1.08. The van der Waals surface area contributed by atoms with Crippen LogP contribution in [0.5, 0.6) is 5.75 Å². The summed E-state index contributed by atoms with van der Waals surface area (Å²) >= 11 is 3.38. The van der Waals surface area contributed by atoms with Gasteiger partial charge in [0.1, 0.15) is 11.5 Å². The Morgan fingerprint density at radius 3 is 2.75 bits per heavy atom. The number of ether oxygens (including phenoxy) is 1. The predicted molar refractivity (Wildman–Crippen MR) is 78.4 cm³/mol. The Balaban J connectivity index is 2.14. The van der Waals surface area contributed by atoms with Crippen LogP contribution < -0.4 is 10.1 Å². The minimum absolute atomic E-state index is 0.0676. The summed E-state index contributed by atoms with van der Waals surface area (Å²) in [6.07, 6.45) is 0. The summed E-state index contributed by atoms with van der Waals surface area (Å²) in [4.78, 5) is 10.8. The summed E-state index contributed by atoms with van der Waals surface area (Å²) in [5.41, 5.74) is 0.853. The van der Waals surface area contributed by atoms with Gasteiger partial charge in [-0.15, -0.1) is 0 Å².